The maximum Gasteiger partial charge on any atom is 0.213 e. The topological polar surface area (TPSA) is 31.4 Å². The van der Waals surface area contributed by atoms with Gasteiger partial charge in [0.25, 0.3) is 0 Å². The molecule has 0 aliphatic carbocycles. The lowest BCUT2D eigenvalue weighted by Gasteiger charge is -2.22. The van der Waals surface area contributed by atoms with Crippen LogP contribution in [0.25, 0.3) is 0 Å². The van der Waals surface area contributed by atoms with Crippen molar-refractivity contribution in [2.24, 2.45) is 0 Å². The van der Waals surface area contributed by atoms with Crippen LogP contribution in [0.3, 0.4) is 0 Å². The minimum Gasteiger partial charge on any atom is -0.474 e. The first kappa shape index (κ1) is 13.0. The molecule has 0 radical (unpaired) electrons. The third-order valence-electron chi connectivity index (χ3n) is 2.34. The summed E-state index contributed by atoms with van der Waals surface area (Å²) >= 11 is 0. The summed E-state index contributed by atoms with van der Waals surface area (Å²) in [5, 5.41) is 0. The highest BCUT2D eigenvalue weighted by Gasteiger charge is 2.15. The highest BCUT2D eigenvalue weighted by Crippen LogP contribution is 2.15. The Balaban J connectivity index is 0.000000606. The van der Waals surface area contributed by atoms with Gasteiger partial charge in [-0.15, -0.1) is 0 Å². The van der Waals surface area contributed by atoms with Crippen molar-refractivity contribution in [2.75, 3.05) is 13.2 Å². The molecule has 2 rings (SSSR count). The molecule has 0 bridgehead atoms. The summed E-state index contributed by atoms with van der Waals surface area (Å²) in [6, 6.07) is 3.94. The summed E-state index contributed by atoms with van der Waals surface area (Å²) in [5.74, 6) is 0.725. The van der Waals surface area contributed by atoms with Crippen LogP contribution < -0.4 is 4.74 Å². The second-order valence-electron chi connectivity index (χ2n) is 3.60. The van der Waals surface area contributed by atoms with Crippen molar-refractivity contribution in [2.45, 2.75) is 39.7 Å². The summed E-state index contributed by atoms with van der Waals surface area (Å²) in [5.41, 5.74) is 1.16. The van der Waals surface area contributed by atoms with Crippen molar-refractivity contribution in [1.82, 2.24) is 4.98 Å². The van der Waals surface area contributed by atoms with E-state index in [1.54, 1.807) is 0 Å². The Morgan fingerprint density at radius 2 is 1.94 bits per heavy atom. The molecule has 3 nitrogen and oxygen atoms in total. The van der Waals surface area contributed by atoms with E-state index in [9.17, 15) is 0 Å². The highest BCUT2D eigenvalue weighted by molar-refractivity contribution is 5.16. The molecule has 90 valence electrons. The summed E-state index contributed by atoms with van der Waals surface area (Å²) in [4.78, 5) is 4.21. The third-order valence-corrected chi connectivity index (χ3v) is 2.34. The first-order chi connectivity index (χ1) is 7.84. The third kappa shape index (κ3) is 4.19. The van der Waals surface area contributed by atoms with E-state index in [1.807, 2.05) is 39.1 Å². The van der Waals surface area contributed by atoms with E-state index in [-0.39, 0.29) is 6.10 Å². The fraction of sp³-hybridized carbons (Fsp3) is 0.615. The molecule has 16 heavy (non-hydrogen) atoms. The Hall–Kier alpha value is -1.09. The van der Waals surface area contributed by atoms with Gasteiger partial charge >= 0.3 is 0 Å². The molecule has 0 spiro atoms. The van der Waals surface area contributed by atoms with Crippen molar-refractivity contribution >= 4 is 0 Å². The largest absolute Gasteiger partial charge is 0.474 e. The number of ether oxygens (including phenoxy) is 2. The Morgan fingerprint density at radius 1 is 1.25 bits per heavy atom. The lowest BCUT2D eigenvalue weighted by atomic mass is 10.1. The molecular weight excluding hydrogens is 202 g/mol. The lowest BCUT2D eigenvalue weighted by molar-refractivity contribution is 0.0237. The summed E-state index contributed by atoms with van der Waals surface area (Å²) in [6.07, 6.45) is 4.04. The molecule has 1 aromatic rings. The van der Waals surface area contributed by atoms with Crippen molar-refractivity contribution < 1.29 is 9.47 Å². The molecule has 1 aromatic heterocycles. The first-order valence-electron chi connectivity index (χ1n) is 6.01. The molecule has 1 aliphatic heterocycles. The number of hydrogen-bond donors (Lipinski definition) is 0. The normalized spacial score (nSPS) is 16.2. The van der Waals surface area contributed by atoms with Gasteiger partial charge in [0.2, 0.25) is 5.88 Å². The van der Waals surface area contributed by atoms with Crippen LogP contribution in [-0.4, -0.2) is 24.3 Å². The molecular formula is C13H21NO2. The van der Waals surface area contributed by atoms with Crippen LogP contribution in [0.4, 0.5) is 0 Å². The van der Waals surface area contributed by atoms with Crippen molar-refractivity contribution in [3.63, 3.8) is 0 Å². The van der Waals surface area contributed by atoms with Crippen LogP contribution >= 0.6 is 0 Å². The molecule has 0 aromatic carbocycles. The van der Waals surface area contributed by atoms with Gasteiger partial charge in [0.1, 0.15) is 6.10 Å². The SMILES string of the molecule is CC.Cc1ccc(OC2CCOCC2)nc1. The summed E-state index contributed by atoms with van der Waals surface area (Å²) in [7, 11) is 0. The average molecular weight is 223 g/mol. The lowest BCUT2D eigenvalue weighted by Crippen LogP contribution is -2.26. The maximum atomic E-state index is 5.72. The second-order valence-corrected chi connectivity index (χ2v) is 3.60. The van der Waals surface area contributed by atoms with Crippen LogP contribution in [0, 0.1) is 6.92 Å². The fourth-order valence-electron chi connectivity index (χ4n) is 1.49. The summed E-state index contributed by atoms with van der Waals surface area (Å²) in [6.45, 7) is 7.62. The Bertz CT molecular complexity index is 278. The minimum atomic E-state index is 0.277. The molecule has 1 aliphatic rings. The predicted octanol–water partition coefficient (Wildman–Crippen LogP) is 2.97. The molecule has 0 unspecified atom stereocenters. The molecule has 0 amide bonds. The fourth-order valence-corrected chi connectivity index (χ4v) is 1.49. The standard InChI is InChI=1S/C11H15NO2.C2H6/c1-9-2-3-11(12-8-9)14-10-4-6-13-7-5-10;1-2/h2-3,8,10H,4-7H2,1H3;1-2H3. The van der Waals surface area contributed by atoms with Gasteiger partial charge in [0, 0.05) is 25.1 Å². The van der Waals surface area contributed by atoms with Crippen molar-refractivity contribution in [1.29, 1.82) is 0 Å². The van der Waals surface area contributed by atoms with Gasteiger partial charge in [-0.05, 0) is 12.5 Å². The number of nitrogens with zero attached hydrogens (tertiary/aromatic N) is 1. The van der Waals surface area contributed by atoms with Crippen LogP contribution in [0.15, 0.2) is 18.3 Å². The van der Waals surface area contributed by atoms with Gasteiger partial charge < -0.3 is 9.47 Å². The number of aromatic nitrogens is 1. The van der Waals surface area contributed by atoms with Crippen LogP contribution in [-0.2, 0) is 4.74 Å². The van der Waals surface area contributed by atoms with Gasteiger partial charge in [0.05, 0.1) is 13.2 Å². The van der Waals surface area contributed by atoms with Gasteiger partial charge in [0.15, 0.2) is 0 Å². The zero-order chi connectivity index (χ0) is 11.8. The molecule has 2 heterocycles. The monoisotopic (exact) mass is 223 g/mol. The van der Waals surface area contributed by atoms with Crippen LogP contribution in [0.1, 0.15) is 32.3 Å². The van der Waals surface area contributed by atoms with Gasteiger partial charge in [-0.3, -0.25) is 0 Å². The minimum absolute atomic E-state index is 0.277. The quantitative estimate of drug-likeness (QED) is 0.772. The Labute approximate surface area is 97.8 Å². The molecule has 0 N–H and O–H groups in total. The van der Waals surface area contributed by atoms with Gasteiger partial charge in [-0.1, -0.05) is 19.9 Å². The smallest absolute Gasteiger partial charge is 0.213 e. The van der Waals surface area contributed by atoms with Crippen molar-refractivity contribution in [3.8, 4) is 5.88 Å². The van der Waals surface area contributed by atoms with Crippen LogP contribution in [0.5, 0.6) is 5.88 Å². The number of rotatable bonds is 2. The number of pyridine rings is 1. The molecule has 0 atom stereocenters. The number of hydrogen-bond acceptors (Lipinski definition) is 3. The maximum absolute atomic E-state index is 5.72. The number of aryl methyl sites for hydroxylation is 1. The predicted molar refractivity (Wildman–Crippen MR) is 64.8 cm³/mol. The molecule has 1 saturated heterocycles. The van der Waals surface area contributed by atoms with Crippen LogP contribution in [0.2, 0.25) is 0 Å². The molecule has 0 saturated carbocycles. The Morgan fingerprint density at radius 3 is 2.50 bits per heavy atom. The second kappa shape index (κ2) is 7.23. The van der Waals surface area contributed by atoms with E-state index in [4.69, 9.17) is 9.47 Å². The summed E-state index contributed by atoms with van der Waals surface area (Å²) < 4.78 is 11.0. The average Bonchev–Trinajstić information content (AvgIpc) is 2.36. The zero-order valence-electron chi connectivity index (χ0n) is 10.4. The van der Waals surface area contributed by atoms with Gasteiger partial charge in [-0.2, -0.15) is 0 Å². The highest BCUT2D eigenvalue weighted by atomic mass is 16.5. The molecule has 3 heteroatoms. The van der Waals surface area contributed by atoms with E-state index in [2.05, 4.69) is 4.98 Å². The van der Waals surface area contributed by atoms with E-state index in [0.717, 1.165) is 37.5 Å². The van der Waals surface area contributed by atoms with Crippen molar-refractivity contribution in [3.05, 3.63) is 23.9 Å². The molecule has 1 fully saturated rings. The first-order valence-corrected chi connectivity index (χ1v) is 6.01. The van der Waals surface area contributed by atoms with E-state index in [1.165, 1.54) is 0 Å². The van der Waals surface area contributed by atoms with E-state index in [0.29, 0.717) is 0 Å². The van der Waals surface area contributed by atoms with E-state index >= 15 is 0 Å². The van der Waals surface area contributed by atoms with Gasteiger partial charge in [-0.25, -0.2) is 4.98 Å². The van der Waals surface area contributed by atoms with E-state index < -0.39 is 0 Å². The Kier molecular flexibility index (Phi) is 5.86. The zero-order valence-corrected chi connectivity index (χ0v) is 10.4.